The Morgan fingerprint density at radius 3 is 2.20 bits per heavy atom. The third kappa shape index (κ3) is 14.3. The van der Waals surface area contributed by atoms with Crippen molar-refractivity contribution in [3.63, 3.8) is 0 Å². The van der Waals surface area contributed by atoms with E-state index in [2.05, 4.69) is 59.8 Å². The van der Waals surface area contributed by atoms with Crippen LogP contribution in [0, 0.1) is 46.3 Å². The number of benzene rings is 1. The van der Waals surface area contributed by atoms with Crippen LogP contribution < -0.4 is 4.74 Å². The average Bonchev–Trinajstić information content (AvgIpc) is 3.87. The number of carbonyl (C=O) groups is 1. The normalized spacial score (nSPS) is 33.9. The number of unbranched alkanes of at least 4 members (excludes halogenated alkanes) is 11. The Morgan fingerprint density at radius 1 is 0.786 bits per heavy atom. The first-order valence-corrected chi connectivity index (χ1v) is 29.2. The highest BCUT2D eigenvalue weighted by Crippen LogP contribution is 2.67. The molecule has 0 spiro atoms. The number of hydrogen-bond donors (Lipinski definition) is 0. The van der Waals surface area contributed by atoms with Crippen LogP contribution in [0.25, 0.3) is 0 Å². The van der Waals surface area contributed by atoms with Crippen LogP contribution in [-0.4, -0.2) is 62.3 Å². The first-order valence-electron chi connectivity index (χ1n) is 29.2. The fourth-order valence-corrected chi connectivity index (χ4v) is 14.7. The summed E-state index contributed by atoms with van der Waals surface area (Å²) in [5.41, 5.74) is 3.31. The average molecular weight is 973 g/mol. The van der Waals surface area contributed by atoms with Gasteiger partial charge in [0.2, 0.25) is 0 Å². The lowest BCUT2D eigenvalue weighted by Crippen LogP contribution is -2.60. The van der Waals surface area contributed by atoms with Gasteiger partial charge in [-0.2, -0.15) is 0 Å². The molecule has 1 aromatic rings. The fraction of sp³-hybridized carbons (Fsp3) is 0.823. The molecule has 70 heavy (non-hydrogen) atoms. The van der Waals surface area contributed by atoms with Crippen molar-refractivity contribution in [3.8, 4) is 5.75 Å². The van der Waals surface area contributed by atoms with E-state index in [4.69, 9.17) is 33.2 Å². The smallest absolute Gasteiger partial charge is 0.305 e. The van der Waals surface area contributed by atoms with Crippen molar-refractivity contribution in [2.75, 3.05) is 13.7 Å². The van der Waals surface area contributed by atoms with Crippen LogP contribution in [-0.2, 0) is 39.8 Å². The molecule has 0 unspecified atom stereocenters. The Labute approximate surface area is 426 Å². The van der Waals surface area contributed by atoms with Gasteiger partial charge in [-0.1, -0.05) is 148 Å². The zero-order chi connectivity index (χ0) is 49.7. The van der Waals surface area contributed by atoms with Gasteiger partial charge in [-0.05, 0) is 161 Å². The highest BCUT2D eigenvalue weighted by atomic mass is 16.8. The minimum atomic E-state index is -0.863. The van der Waals surface area contributed by atoms with E-state index < -0.39 is 36.5 Å². The maximum Gasteiger partial charge on any atom is 0.305 e. The van der Waals surface area contributed by atoms with Gasteiger partial charge in [0.05, 0.1) is 19.8 Å². The largest absolute Gasteiger partial charge is 0.497 e. The van der Waals surface area contributed by atoms with E-state index >= 15 is 0 Å². The van der Waals surface area contributed by atoms with Gasteiger partial charge in [-0.15, -0.1) is 0 Å². The van der Waals surface area contributed by atoms with Gasteiger partial charge in [0.25, 0.3) is 0 Å². The lowest BCUT2D eigenvalue weighted by molar-refractivity contribution is -0.307. The van der Waals surface area contributed by atoms with E-state index in [1.54, 1.807) is 12.7 Å². The number of methoxy groups -OCH3 is 1. The zero-order valence-electron chi connectivity index (χ0n) is 45.8. The Kier molecular flexibility index (Phi) is 20.9. The van der Waals surface area contributed by atoms with Crippen molar-refractivity contribution in [2.45, 2.75) is 265 Å². The standard InChI is InChI=1S/C62H100O8/c1-10-11-12-13-14-15-16-17-18-19-20-21-22-23-24-28-55(63)65-43-54-56-57(70-60(5,6)69-56)58(66-42-46-29-32-48(64-9)33-30-46)59(68-54)67-49-37-39-61(7)47(41-49)31-34-50-52-36-35-51(45(4)27-25-26-44(2)3)62(52,8)40-38-53(50)61/h17-18,29-33,44-45,49-54,56-59H,10-16,19-28,34-43H2,1-9H3/b18-17-/t45-,49+,50+,51-,52+,53+,54-,56+,57+,58-,59-,61+,62-/m1/s1. The lowest BCUT2D eigenvalue weighted by Gasteiger charge is -2.58. The van der Waals surface area contributed by atoms with Gasteiger partial charge in [-0.25, -0.2) is 0 Å². The number of ether oxygens (including phenoxy) is 7. The molecule has 13 atom stereocenters. The van der Waals surface area contributed by atoms with Crippen molar-refractivity contribution in [1.29, 1.82) is 0 Å². The molecule has 8 nitrogen and oxygen atoms in total. The summed E-state index contributed by atoms with van der Waals surface area (Å²) in [7, 11) is 1.68. The third-order valence-corrected chi connectivity index (χ3v) is 18.7. The van der Waals surface area contributed by atoms with Crippen LogP contribution in [0.3, 0.4) is 0 Å². The summed E-state index contributed by atoms with van der Waals surface area (Å²) in [6.45, 7) is 19.2. The second-order valence-electron chi connectivity index (χ2n) is 24.5. The molecule has 6 aliphatic rings. The van der Waals surface area contributed by atoms with E-state index in [0.717, 1.165) is 91.8 Å². The van der Waals surface area contributed by atoms with Crippen LogP contribution in [0.4, 0.5) is 0 Å². The Balaban J connectivity index is 0.942. The van der Waals surface area contributed by atoms with Crippen LogP contribution in [0.15, 0.2) is 48.1 Å². The molecule has 2 heterocycles. The summed E-state index contributed by atoms with van der Waals surface area (Å²) >= 11 is 0. The third-order valence-electron chi connectivity index (χ3n) is 18.7. The highest BCUT2D eigenvalue weighted by molar-refractivity contribution is 5.69. The molecule has 0 bridgehead atoms. The Morgan fingerprint density at radius 2 is 1.49 bits per heavy atom. The molecule has 3 saturated carbocycles. The minimum absolute atomic E-state index is 0.0134. The topological polar surface area (TPSA) is 81.7 Å². The number of rotatable bonds is 28. The summed E-state index contributed by atoms with van der Waals surface area (Å²) in [6, 6.07) is 7.98. The van der Waals surface area contributed by atoms with Gasteiger partial charge in [-0.3, -0.25) is 4.79 Å². The molecular formula is C62H100O8. The van der Waals surface area contributed by atoms with Gasteiger partial charge in [0.15, 0.2) is 12.1 Å². The maximum absolute atomic E-state index is 13.2. The maximum atomic E-state index is 13.2. The van der Waals surface area contributed by atoms with Gasteiger partial charge < -0.3 is 33.2 Å². The second kappa shape index (κ2) is 26.3. The van der Waals surface area contributed by atoms with Crippen LogP contribution in [0.1, 0.15) is 221 Å². The minimum Gasteiger partial charge on any atom is -0.497 e. The highest BCUT2D eigenvalue weighted by Gasteiger charge is 2.60. The SMILES string of the molecule is CCCCCCCC/C=C\CCCCCCCC(=O)OC[C@H]1O[C@@H](O[C@H]2CC[C@@]3(C)C(=CC[C@H]4[C@@H]5CC[C@H]([C@H](C)CCCC(C)C)[C@@]5(C)CC[C@@H]43)C2)[C@H](OCc2ccc(OC)cc2)[C@H]2OC(C)(C)O[C@H]21. The monoisotopic (exact) mass is 973 g/mol. The first-order chi connectivity index (χ1) is 33.7. The zero-order valence-corrected chi connectivity index (χ0v) is 45.8. The molecule has 1 aromatic carbocycles. The summed E-state index contributed by atoms with van der Waals surface area (Å²) in [5.74, 6) is 4.62. The van der Waals surface area contributed by atoms with Crippen LogP contribution in [0.2, 0.25) is 0 Å². The van der Waals surface area contributed by atoms with Gasteiger partial charge in [0.1, 0.15) is 36.8 Å². The molecule has 0 aromatic heterocycles. The summed E-state index contributed by atoms with van der Waals surface area (Å²) in [4.78, 5) is 13.2. The van der Waals surface area contributed by atoms with Crippen LogP contribution in [0.5, 0.6) is 5.75 Å². The first kappa shape index (κ1) is 55.5. The number of hydrogen-bond acceptors (Lipinski definition) is 8. The summed E-state index contributed by atoms with van der Waals surface area (Å²) in [5, 5.41) is 0. The molecule has 7 rings (SSSR count). The predicted octanol–water partition coefficient (Wildman–Crippen LogP) is 15.8. The molecule has 0 radical (unpaired) electrons. The molecular weight excluding hydrogens is 873 g/mol. The summed E-state index contributed by atoms with van der Waals surface area (Å²) < 4.78 is 45.5. The molecule has 0 amide bonds. The fourth-order valence-electron chi connectivity index (χ4n) is 14.7. The van der Waals surface area contributed by atoms with Crippen molar-refractivity contribution in [1.82, 2.24) is 0 Å². The van der Waals surface area contributed by atoms with E-state index in [-0.39, 0.29) is 24.1 Å². The number of esters is 1. The lowest BCUT2D eigenvalue weighted by atomic mass is 9.47. The van der Waals surface area contributed by atoms with E-state index in [9.17, 15) is 4.79 Å². The molecule has 5 fully saturated rings. The second-order valence-corrected chi connectivity index (χ2v) is 24.5. The summed E-state index contributed by atoms with van der Waals surface area (Å²) in [6.07, 6.45) is 34.9. The number of allylic oxidation sites excluding steroid dienone is 3. The van der Waals surface area contributed by atoms with Crippen LogP contribution >= 0.6 is 0 Å². The quantitative estimate of drug-likeness (QED) is 0.0467. The van der Waals surface area contributed by atoms with Gasteiger partial charge in [0, 0.05) is 6.42 Å². The van der Waals surface area contributed by atoms with Gasteiger partial charge >= 0.3 is 5.97 Å². The molecule has 396 valence electrons. The molecule has 4 aliphatic carbocycles. The molecule has 2 saturated heterocycles. The molecule has 0 N–H and O–H groups in total. The number of carbonyl (C=O) groups excluding carboxylic acids is 1. The number of fused-ring (bicyclic) bond motifs is 6. The molecule has 2 aliphatic heterocycles. The Hall–Kier alpha value is -2.23. The predicted molar refractivity (Wildman–Crippen MR) is 282 cm³/mol. The Bertz CT molecular complexity index is 1790. The van der Waals surface area contributed by atoms with Crippen molar-refractivity contribution >= 4 is 5.97 Å². The van der Waals surface area contributed by atoms with Crippen molar-refractivity contribution in [2.24, 2.45) is 46.3 Å². The van der Waals surface area contributed by atoms with Crippen molar-refractivity contribution in [3.05, 3.63) is 53.6 Å². The van der Waals surface area contributed by atoms with E-state index in [0.29, 0.717) is 18.4 Å². The van der Waals surface area contributed by atoms with Crippen molar-refractivity contribution < 1.29 is 38.0 Å². The van der Waals surface area contributed by atoms with E-state index in [1.165, 1.54) is 109 Å². The van der Waals surface area contributed by atoms with E-state index in [1.807, 2.05) is 38.1 Å². The molecule has 8 heteroatoms.